The smallest absolute Gasteiger partial charge is 0.750 e. The Labute approximate surface area is 271 Å². The summed E-state index contributed by atoms with van der Waals surface area (Å²) in [5, 5.41) is 17.7. The summed E-state index contributed by atoms with van der Waals surface area (Å²) in [7, 11) is -7.88. The van der Waals surface area contributed by atoms with Crippen molar-refractivity contribution in [2.45, 2.75) is 5.44 Å². The van der Waals surface area contributed by atoms with Crippen molar-refractivity contribution in [3.8, 4) is 0 Å². The molecule has 0 amide bonds. The van der Waals surface area contributed by atoms with Crippen LogP contribution in [0.15, 0.2) is 48.5 Å². The average molecular weight is 580 g/mol. The molecule has 0 aromatic heterocycles. The van der Waals surface area contributed by atoms with Crippen LogP contribution in [0.1, 0.15) is 37.3 Å². The molecule has 2 aromatic rings. The standard InChI is InChI=1S/C8H9O5S.C8H6O2.3Na.H2O3S.O3S/c9-5-6-2-1-3-7(4-6)8(10)14(11,12)13;9-5-7-2-1-3-8(4-7)6-10;;;;2*1-4(2)3/h1-5,8-10H,(H,11,12,13);1-6H;;;;(H2,1,2,3);/q-1;;3*+1;;/p-2. The van der Waals surface area contributed by atoms with E-state index in [-0.39, 0.29) is 94.2 Å². The Bertz CT molecular complexity index is 1080. The molecule has 35 heavy (non-hydrogen) atoms. The summed E-state index contributed by atoms with van der Waals surface area (Å²) in [6.45, 7) is 0.744. The number of aliphatic hydroxyl groups excluding tert-OH is 2. The van der Waals surface area contributed by atoms with Crippen LogP contribution >= 0.6 is 0 Å². The van der Waals surface area contributed by atoms with Crippen LogP contribution in [0.4, 0.5) is 0 Å². The van der Waals surface area contributed by atoms with Gasteiger partial charge in [-0.25, -0.2) is 12.6 Å². The Morgan fingerprint density at radius 1 is 0.886 bits per heavy atom. The molecule has 0 saturated carbocycles. The minimum absolute atomic E-state index is 0. The minimum Gasteiger partial charge on any atom is -0.750 e. The molecular formula is C16H15Na3O13S3. The maximum absolute atomic E-state index is 10.5. The molecule has 19 heteroatoms. The summed E-state index contributed by atoms with van der Waals surface area (Å²) in [6.07, 6.45) is 1.43. The number of carbonyl (C=O) groups is 2. The summed E-state index contributed by atoms with van der Waals surface area (Å²) in [4.78, 5) is 20.3. The maximum Gasteiger partial charge on any atom is 1.00 e. The van der Waals surface area contributed by atoms with Gasteiger partial charge in [-0.3, -0.25) is 9.59 Å². The van der Waals surface area contributed by atoms with Gasteiger partial charge in [0.2, 0.25) is 0 Å². The second-order valence-electron chi connectivity index (χ2n) is 4.97. The van der Waals surface area contributed by atoms with Crippen LogP contribution < -0.4 is 88.7 Å². The van der Waals surface area contributed by atoms with Crippen molar-refractivity contribution in [3.63, 3.8) is 0 Å². The number of hydrogen-bond acceptors (Lipinski definition) is 12. The maximum atomic E-state index is 10.5. The third-order valence-electron chi connectivity index (χ3n) is 2.80. The van der Waals surface area contributed by atoms with Crippen LogP contribution in [0.3, 0.4) is 0 Å². The van der Waals surface area contributed by atoms with Gasteiger partial charge in [-0.05, 0) is 6.07 Å². The number of aliphatic hydroxyl groups is 2. The Hall–Kier alpha value is 0.170. The van der Waals surface area contributed by atoms with Crippen LogP contribution in [0.5, 0.6) is 0 Å². The van der Waals surface area contributed by atoms with E-state index in [0.717, 1.165) is 6.61 Å². The fraction of sp³-hybridized carbons (Fsp3) is 0.0625. The molecule has 0 saturated heterocycles. The third kappa shape index (κ3) is 27.0. The zero-order chi connectivity index (χ0) is 25.3. The van der Waals surface area contributed by atoms with Gasteiger partial charge in [-0.15, -0.1) is 18.7 Å². The number of aldehydes is 2. The van der Waals surface area contributed by atoms with Crippen molar-refractivity contribution >= 4 is 44.7 Å². The van der Waals surface area contributed by atoms with E-state index in [1.54, 1.807) is 24.3 Å². The van der Waals surface area contributed by atoms with Crippen molar-refractivity contribution in [2.24, 2.45) is 0 Å². The van der Waals surface area contributed by atoms with Crippen LogP contribution in [-0.4, -0.2) is 61.7 Å². The Kier molecular flexibility index (Phi) is 33.3. The van der Waals surface area contributed by atoms with Crippen LogP contribution in [0, 0.1) is 6.61 Å². The zero-order valence-corrected chi connectivity index (χ0v) is 27.0. The van der Waals surface area contributed by atoms with Crippen molar-refractivity contribution in [2.75, 3.05) is 0 Å². The van der Waals surface area contributed by atoms with E-state index in [9.17, 15) is 22.6 Å². The van der Waals surface area contributed by atoms with Gasteiger partial charge in [0.15, 0.2) is 5.44 Å². The number of rotatable bonds is 5. The normalized spacial score (nSPS) is 10.4. The molecule has 0 bridgehead atoms. The van der Waals surface area contributed by atoms with Gasteiger partial charge < -0.3 is 23.9 Å². The quantitative estimate of drug-likeness (QED) is 0.0979. The van der Waals surface area contributed by atoms with E-state index in [2.05, 4.69) is 0 Å². The molecule has 0 heterocycles. The van der Waals surface area contributed by atoms with Crippen LogP contribution in [-0.2, 0) is 32.1 Å². The predicted molar refractivity (Wildman–Crippen MR) is 105 cm³/mol. The van der Waals surface area contributed by atoms with Crippen molar-refractivity contribution in [1.29, 1.82) is 0 Å². The monoisotopic (exact) mass is 580 g/mol. The van der Waals surface area contributed by atoms with Crippen molar-refractivity contribution in [3.05, 3.63) is 77.4 Å². The van der Waals surface area contributed by atoms with E-state index in [1.807, 2.05) is 0 Å². The largest absolute Gasteiger partial charge is 1.00 e. The Balaban J connectivity index is -0.000000126. The van der Waals surface area contributed by atoms with Crippen molar-refractivity contribution < 1.29 is 147 Å². The summed E-state index contributed by atoms with van der Waals surface area (Å²) < 4.78 is 80.8. The second-order valence-corrected chi connectivity index (χ2v) is 7.25. The number of benzene rings is 2. The Morgan fingerprint density at radius 2 is 1.26 bits per heavy atom. The molecule has 0 aliphatic heterocycles. The van der Waals surface area contributed by atoms with Gasteiger partial charge in [0, 0.05) is 11.1 Å². The molecule has 0 fully saturated rings. The van der Waals surface area contributed by atoms with Crippen LogP contribution in [0.2, 0.25) is 0 Å². The van der Waals surface area contributed by atoms with Gasteiger partial charge in [-0.2, -0.15) is 17.7 Å². The predicted octanol–water partition coefficient (Wildman–Crippen LogP) is -9.24. The van der Waals surface area contributed by atoms with Gasteiger partial charge in [0.1, 0.15) is 22.7 Å². The summed E-state index contributed by atoms with van der Waals surface area (Å²) in [5.74, 6) is 0. The van der Waals surface area contributed by atoms with Crippen molar-refractivity contribution in [1.82, 2.24) is 0 Å². The topological polar surface area (TPSA) is 243 Å². The molecule has 3 N–H and O–H groups in total. The first-order chi connectivity index (χ1) is 14.8. The molecule has 0 radical (unpaired) electrons. The molecule has 0 aliphatic rings. The van der Waals surface area contributed by atoms with E-state index in [1.165, 1.54) is 24.3 Å². The zero-order valence-electron chi connectivity index (χ0n) is 18.6. The van der Waals surface area contributed by atoms with E-state index < -0.39 is 37.5 Å². The average Bonchev–Trinajstić information content (AvgIpc) is 2.72. The molecule has 13 nitrogen and oxygen atoms in total. The number of hydrogen-bond donors (Lipinski definition) is 3. The van der Waals surface area contributed by atoms with Gasteiger partial charge in [-0.1, -0.05) is 36.4 Å². The van der Waals surface area contributed by atoms with Gasteiger partial charge in [0.05, 0.1) is 11.4 Å². The first kappa shape index (κ1) is 45.1. The third-order valence-corrected chi connectivity index (χ3v) is 3.62. The molecule has 0 aliphatic carbocycles. The molecule has 2 unspecified atom stereocenters. The molecular weight excluding hydrogens is 565 g/mol. The first-order valence-corrected chi connectivity index (χ1v) is 11.0. The molecule has 2 atom stereocenters. The van der Waals surface area contributed by atoms with Gasteiger partial charge in [0.25, 0.3) is 0 Å². The first-order valence-electron chi connectivity index (χ1n) is 7.54. The fourth-order valence-electron chi connectivity index (χ4n) is 1.67. The summed E-state index contributed by atoms with van der Waals surface area (Å²) >= 11 is -2.86. The molecule has 178 valence electrons. The number of carbonyl (C=O) groups excluding carboxylic acids is 2. The van der Waals surface area contributed by atoms with Crippen LogP contribution in [0.25, 0.3) is 0 Å². The summed E-state index contributed by atoms with van der Waals surface area (Å²) in [6, 6.07) is 11.9. The molecule has 2 rings (SSSR count). The van der Waals surface area contributed by atoms with E-state index >= 15 is 0 Å². The minimum atomic E-state index is -4.77. The summed E-state index contributed by atoms with van der Waals surface area (Å²) in [5.41, 5.74) is -0.787. The fourth-order valence-corrected chi connectivity index (χ4v) is 2.15. The van der Waals surface area contributed by atoms with Gasteiger partial charge >= 0.3 is 99.3 Å². The van der Waals surface area contributed by atoms with E-state index in [4.69, 9.17) is 36.2 Å². The van der Waals surface area contributed by atoms with E-state index in [0.29, 0.717) is 29.3 Å². The second kappa shape index (κ2) is 25.8. The molecule has 2 aromatic carbocycles. The molecule has 0 spiro atoms. The Morgan fingerprint density at radius 3 is 1.57 bits per heavy atom. The SMILES string of the molecule is O=Cc1cccc(C=O)c1.O=S(=O)([O-])C(O)c1cccc([CH-]O)c1.O=S(=O)=O.O=S([O-])O.[Na+].[Na+].[Na+].